The van der Waals surface area contributed by atoms with E-state index in [9.17, 15) is 0 Å². The van der Waals surface area contributed by atoms with Crippen molar-refractivity contribution in [1.29, 1.82) is 0 Å². The van der Waals surface area contributed by atoms with E-state index in [4.69, 9.17) is 15.2 Å². The smallest absolute Gasteiger partial charge is 0.123 e. The maximum atomic E-state index is 5.90. The van der Waals surface area contributed by atoms with Crippen LogP contribution in [0, 0.1) is 6.92 Å². The summed E-state index contributed by atoms with van der Waals surface area (Å²) in [6.45, 7) is 7.10. The molecule has 0 fully saturated rings. The van der Waals surface area contributed by atoms with Crippen molar-refractivity contribution in [1.82, 2.24) is 0 Å². The Morgan fingerprint density at radius 1 is 1.05 bits per heavy atom. The Kier molecular flexibility index (Phi) is 5.23. The number of rotatable bonds is 6. The second-order valence-corrected chi connectivity index (χ2v) is 5.40. The minimum Gasteiger partial charge on any atom is -0.491 e. The minimum atomic E-state index is 0.127. The first kappa shape index (κ1) is 15.4. The minimum absolute atomic E-state index is 0.127. The Balaban J connectivity index is 2.13. The van der Waals surface area contributed by atoms with Crippen LogP contribution >= 0.6 is 0 Å². The van der Waals surface area contributed by atoms with Gasteiger partial charge < -0.3 is 15.2 Å². The van der Waals surface area contributed by atoms with Crippen molar-refractivity contribution >= 4 is 0 Å². The molecular weight excluding hydrogens is 262 g/mol. The summed E-state index contributed by atoms with van der Waals surface area (Å²) >= 11 is 0. The van der Waals surface area contributed by atoms with Crippen LogP contribution in [0.15, 0.2) is 42.5 Å². The Morgan fingerprint density at radius 3 is 2.43 bits per heavy atom. The van der Waals surface area contributed by atoms with E-state index in [1.165, 1.54) is 11.1 Å². The lowest BCUT2D eigenvalue weighted by Crippen LogP contribution is -2.07. The third-order valence-corrected chi connectivity index (χ3v) is 3.20. The van der Waals surface area contributed by atoms with Crippen molar-refractivity contribution in [2.45, 2.75) is 40.0 Å². The van der Waals surface area contributed by atoms with Crippen LogP contribution in [0.2, 0.25) is 0 Å². The zero-order valence-electron chi connectivity index (χ0n) is 12.9. The molecule has 0 aromatic heterocycles. The van der Waals surface area contributed by atoms with E-state index in [2.05, 4.69) is 19.1 Å². The molecule has 0 radical (unpaired) electrons. The number of ether oxygens (including phenoxy) is 2. The predicted molar refractivity (Wildman–Crippen MR) is 85.6 cm³/mol. The quantitative estimate of drug-likeness (QED) is 0.877. The number of hydrogen-bond donors (Lipinski definition) is 1. The Labute approximate surface area is 126 Å². The van der Waals surface area contributed by atoms with Crippen molar-refractivity contribution in [3.05, 3.63) is 59.2 Å². The third kappa shape index (κ3) is 4.50. The second kappa shape index (κ2) is 7.14. The summed E-state index contributed by atoms with van der Waals surface area (Å²) in [7, 11) is 0. The van der Waals surface area contributed by atoms with Crippen LogP contribution < -0.4 is 15.2 Å². The topological polar surface area (TPSA) is 44.5 Å². The lowest BCUT2D eigenvalue weighted by molar-refractivity contribution is 0.239. The molecular formula is C18H23NO2. The van der Waals surface area contributed by atoms with Crippen LogP contribution in [0.5, 0.6) is 11.5 Å². The van der Waals surface area contributed by atoms with Gasteiger partial charge in [-0.2, -0.15) is 0 Å². The Bertz CT molecular complexity index is 594. The number of hydrogen-bond acceptors (Lipinski definition) is 3. The van der Waals surface area contributed by atoms with E-state index in [1.54, 1.807) is 0 Å². The van der Waals surface area contributed by atoms with Crippen molar-refractivity contribution in [3.63, 3.8) is 0 Å². The van der Waals surface area contributed by atoms with E-state index in [0.717, 1.165) is 17.1 Å². The highest BCUT2D eigenvalue weighted by Crippen LogP contribution is 2.25. The first-order valence-corrected chi connectivity index (χ1v) is 7.26. The molecule has 0 atom stereocenters. The van der Waals surface area contributed by atoms with Gasteiger partial charge in [-0.3, -0.25) is 0 Å². The number of benzene rings is 2. The summed E-state index contributed by atoms with van der Waals surface area (Å²) in [5, 5.41) is 0. The molecule has 2 rings (SSSR count). The summed E-state index contributed by atoms with van der Waals surface area (Å²) in [4.78, 5) is 0. The molecule has 2 aromatic rings. The molecule has 2 aromatic carbocycles. The average Bonchev–Trinajstić information content (AvgIpc) is 2.45. The molecule has 0 saturated heterocycles. The molecule has 2 N–H and O–H groups in total. The van der Waals surface area contributed by atoms with E-state index < -0.39 is 0 Å². The third-order valence-electron chi connectivity index (χ3n) is 3.20. The van der Waals surface area contributed by atoms with Gasteiger partial charge in [0.05, 0.1) is 6.10 Å². The van der Waals surface area contributed by atoms with Crippen LogP contribution in [0.25, 0.3) is 0 Å². The van der Waals surface area contributed by atoms with Gasteiger partial charge in [-0.05, 0) is 49.6 Å². The Hall–Kier alpha value is -2.00. The standard InChI is InChI=1S/C18H23NO2/c1-13(2)21-18-9-15(11-19)8-17(10-18)20-12-16-7-5-4-6-14(16)3/h4-10,13H,11-12,19H2,1-3H3. The number of aryl methyl sites for hydroxylation is 1. The molecule has 3 heteroatoms. The van der Waals surface area contributed by atoms with Gasteiger partial charge in [-0.1, -0.05) is 24.3 Å². The summed E-state index contributed by atoms with van der Waals surface area (Å²) in [6.07, 6.45) is 0.127. The maximum Gasteiger partial charge on any atom is 0.123 e. The van der Waals surface area contributed by atoms with Crippen LogP contribution in [0.1, 0.15) is 30.5 Å². The fourth-order valence-electron chi connectivity index (χ4n) is 2.11. The van der Waals surface area contributed by atoms with Gasteiger partial charge in [-0.25, -0.2) is 0 Å². The molecule has 0 aliphatic rings. The van der Waals surface area contributed by atoms with Crippen molar-refractivity contribution in [2.24, 2.45) is 5.73 Å². The lowest BCUT2D eigenvalue weighted by atomic mass is 10.1. The van der Waals surface area contributed by atoms with Crippen molar-refractivity contribution < 1.29 is 9.47 Å². The molecule has 0 bridgehead atoms. The molecule has 0 unspecified atom stereocenters. The van der Waals surface area contributed by atoms with Crippen LogP contribution in [-0.4, -0.2) is 6.10 Å². The van der Waals surface area contributed by atoms with Crippen molar-refractivity contribution in [3.8, 4) is 11.5 Å². The monoisotopic (exact) mass is 285 g/mol. The van der Waals surface area contributed by atoms with Gasteiger partial charge in [-0.15, -0.1) is 0 Å². The first-order valence-electron chi connectivity index (χ1n) is 7.26. The molecule has 3 nitrogen and oxygen atoms in total. The second-order valence-electron chi connectivity index (χ2n) is 5.40. The predicted octanol–water partition coefficient (Wildman–Crippen LogP) is 3.82. The highest BCUT2D eigenvalue weighted by atomic mass is 16.5. The molecule has 0 spiro atoms. The summed E-state index contributed by atoms with van der Waals surface area (Å²) in [6, 6.07) is 14.1. The van der Waals surface area contributed by atoms with Gasteiger partial charge in [0.25, 0.3) is 0 Å². The van der Waals surface area contributed by atoms with Gasteiger partial charge in [0.15, 0.2) is 0 Å². The zero-order chi connectivity index (χ0) is 15.2. The summed E-state index contributed by atoms with van der Waals surface area (Å²) in [5.74, 6) is 1.59. The van der Waals surface area contributed by atoms with Gasteiger partial charge >= 0.3 is 0 Å². The van der Waals surface area contributed by atoms with Crippen LogP contribution in [0.3, 0.4) is 0 Å². The Morgan fingerprint density at radius 2 is 1.76 bits per heavy atom. The van der Waals surface area contributed by atoms with E-state index >= 15 is 0 Å². The van der Waals surface area contributed by atoms with E-state index in [1.807, 2.05) is 44.2 Å². The van der Waals surface area contributed by atoms with E-state index in [-0.39, 0.29) is 6.10 Å². The molecule has 0 saturated carbocycles. The fourth-order valence-corrected chi connectivity index (χ4v) is 2.11. The fraction of sp³-hybridized carbons (Fsp3) is 0.333. The summed E-state index contributed by atoms with van der Waals surface area (Å²) in [5.41, 5.74) is 9.16. The molecule has 0 heterocycles. The largest absolute Gasteiger partial charge is 0.491 e. The SMILES string of the molecule is Cc1ccccc1COc1cc(CN)cc(OC(C)C)c1. The number of nitrogens with two attached hydrogens (primary N) is 1. The van der Waals surface area contributed by atoms with E-state index in [0.29, 0.717) is 13.2 Å². The highest BCUT2D eigenvalue weighted by molar-refractivity contribution is 5.39. The van der Waals surface area contributed by atoms with Crippen molar-refractivity contribution in [2.75, 3.05) is 0 Å². The molecule has 112 valence electrons. The summed E-state index contributed by atoms with van der Waals surface area (Å²) < 4.78 is 11.6. The van der Waals surface area contributed by atoms with Gasteiger partial charge in [0, 0.05) is 12.6 Å². The average molecular weight is 285 g/mol. The highest BCUT2D eigenvalue weighted by Gasteiger charge is 2.05. The molecule has 0 aliphatic heterocycles. The molecule has 0 amide bonds. The lowest BCUT2D eigenvalue weighted by Gasteiger charge is -2.14. The van der Waals surface area contributed by atoms with Gasteiger partial charge in [0.2, 0.25) is 0 Å². The normalized spacial score (nSPS) is 10.7. The molecule has 21 heavy (non-hydrogen) atoms. The van der Waals surface area contributed by atoms with Crippen LogP contribution in [0.4, 0.5) is 0 Å². The maximum absolute atomic E-state index is 5.90. The zero-order valence-corrected chi connectivity index (χ0v) is 12.9. The van der Waals surface area contributed by atoms with Crippen LogP contribution in [-0.2, 0) is 13.2 Å². The first-order chi connectivity index (χ1) is 10.1. The molecule has 0 aliphatic carbocycles. The van der Waals surface area contributed by atoms with Gasteiger partial charge in [0.1, 0.15) is 18.1 Å².